The fraction of sp³-hybridized carbons (Fsp3) is 0. The van der Waals surface area contributed by atoms with Crippen molar-refractivity contribution in [1.29, 1.82) is 0 Å². The first-order valence-corrected chi connectivity index (χ1v) is 2.92. The Hall–Kier alpha value is -0.243. The number of hydrogen-bond acceptors (Lipinski definition) is 3. The molecular formula is C3H6LiNO3S. The molecule has 0 spiro atoms. The summed E-state index contributed by atoms with van der Waals surface area (Å²) in [6.07, 6.45) is 0.880. The Labute approximate surface area is 66.6 Å². The molecule has 6 heteroatoms. The maximum absolute atomic E-state index is 10.0. The fourth-order valence-electron chi connectivity index (χ4n) is 0.136. The number of carbonyl (C=O) groups excluding carboxylic acids is 1. The molecule has 0 unspecified atom stereocenters. The van der Waals surface area contributed by atoms with Gasteiger partial charge in [-0.15, -0.1) is 0 Å². The van der Waals surface area contributed by atoms with Gasteiger partial charge in [0.25, 0.3) is 5.91 Å². The van der Waals surface area contributed by atoms with Gasteiger partial charge in [0.05, 0.1) is 0 Å². The van der Waals surface area contributed by atoms with Crippen LogP contribution in [-0.2, 0) is 15.7 Å². The van der Waals surface area contributed by atoms with Crippen LogP contribution in [0.15, 0.2) is 12.7 Å². The van der Waals surface area contributed by atoms with Crippen LogP contribution in [0.1, 0.15) is 0 Å². The minimum atomic E-state index is -2.82. The standard InChI is InChI=1S/C3H5NO3S.Li.H/c1-2-3(5)4-8(6)7;;/h2,8H,1H2,(H,4,5,6,7);;. The van der Waals surface area contributed by atoms with Gasteiger partial charge in [0, 0.05) is 0 Å². The molecule has 0 radical (unpaired) electrons. The molecule has 1 N–H and O–H groups in total. The zero-order valence-corrected chi connectivity index (χ0v) is 4.85. The molecule has 0 aromatic carbocycles. The van der Waals surface area contributed by atoms with Crippen molar-refractivity contribution >= 4 is 35.7 Å². The van der Waals surface area contributed by atoms with Gasteiger partial charge in [-0.05, 0) is 6.08 Å². The molecule has 4 nitrogen and oxygen atoms in total. The summed E-state index contributed by atoms with van der Waals surface area (Å²) < 4.78 is 20.8. The van der Waals surface area contributed by atoms with Crippen LogP contribution in [0, 0.1) is 0 Å². The van der Waals surface area contributed by atoms with Gasteiger partial charge < -0.3 is 0 Å². The molecular weight excluding hydrogens is 137 g/mol. The quantitative estimate of drug-likeness (QED) is 0.271. The molecule has 0 aliphatic rings. The van der Waals surface area contributed by atoms with Gasteiger partial charge in [0.1, 0.15) is 0 Å². The summed E-state index contributed by atoms with van der Waals surface area (Å²) in [4.78, 5) is 10.0. The summed E-state index contributed by atoms with van der Waals surface area (Å²) in [6, 6.07) is 0. The monoisotopic (exact) mass is 143 g/mol. The van der Waals surface area contributed by atoms with Crippen molar-refractivity contribution in [1.82, 2.24) is 4.72 Å². The van der Waals surface area contributed by atoms with E-state index < -0.39 is 16.8 Å². The third kappa shape index (κ3) is 7.76. The molecule has 0 aromatic heterocycles. The van der Waals surface area contributed by atoms with Gasteiger partial charge in [-0.1, -0.05) is 6.58 Å². The summed E-state index contributed by atoms with van der Waals surface area (Å²) in [5, 5.41) is 0. The van der Waals surface area contributed by atoms with Crippen LogP contribution in [0.4, 0.5) is 0 Å². The molecule has 1 amide bonds. The Morgan fingerprint density at radius 2 is 2.00 bits per heavy atom. The summed E-state index contributed by atoms with van der Waals surface area (Å²) in [5.74, 6) is -0.707. The number of carbonyl (C=O) groups is 1. The average Bonchev–Trinajstić information content (AvgIpc) is 1.65. The first-order chi connectivity index (χ1) is 3.66. The predicted molar refractivity (Wildman–Crippen MR) is 35.8 cm³/mol. The zero-order valence-electron chi connectivity index (χ0n) is 3.96. The van der Waals surface area contributed by atoms with E-state index in [2.05, 4.69) is 6.58 Å². The van der Waals surface area contributed by atoms with E-state index in [0.29, 0.717) is 0 Å². The molecule has 48 valence electrons. The molecule has 0 fully saturated rings. The Bertz CT molecular complexity index is 168. The van der Waals surface area contributed by atoms with Gasteiger partial charge in [0.2, 0.25) is 10.9 Å². The van der Waals surface area contributed by atoms with Crippen molar-refractivity contribution in [3.8, 4) is 0 Å². The van der Waals surface area contributed by atoms with Crippen LogP contribution in [0.2, 0.25) is 0 Å². The van der Waals surface area contributed by atoms with E-state index in [-0.39, 0.29) is 18.9 Å². The van der Waals surface area contributed by atoms with E-state index in [4.69, 9.17) is 0 Å². The van der Waals surface area contributed by atoms with Crippen molar-refractivity contribution in [2.24, 2.45) is 0 Å². The Balaban J connectivity index is 0. The number of hydrogen-bond donors (Lipinski definition) is 2. The first kappa shape index (κ1) is 11.5. The summed E-state index contributed by atoms with van der Waals surface area (Å²) >= 11 is 0. The van der Waals surface area contributed by atoms with Gasteiger partial charge in [0.15, 0.2) is 0 Å². The van der Waals surface area contributed by atoms with Crippen LogP contribution < -0.4 is 4.72 Å². The normalized spacial score (nSPS) is 7.67. The molecule has 0 aliphatic heterocycles. The SMILES string of the molecule is C=CC(=O)N[SH](=O)=O.[LiH]. The van der Waals surface area contributed by atoms with Crippen LogP contribution in [-0.4, -0.2) is 33.2 Å². The van der Waals surface area contributed by atoms with Gasteiger partial charge >= 0.3 is 18.9 Å². The Morgan fingerprint density at radius 3 is 2.11 bits per heavy atom. The van der Waals surface area contributed by atoms with Crippen LogP contribution in [0.5, 0.6) is 0 Å². The van der Waals surface area contributed by atoms with Crippen molar-refractivity contribution in [3.05, 3.63) is 12.7 Å². The van der Waals surface area contributed by atoms with Gasteiger partial charge in [-0.2, -0.15) is 0 Å². The molecule has 0 aromatic rings. The Kier molecular flexibility index (Phi) is 7.55. The molecule has 0 bridgehead atoms. The molecule has 9 heavy (non-hydrogen) atoms. The molecule has 0 saturated carbocycles. The number of thiol groups is 1. The first-order valence-electron chi connectivity index (χ1n) is 1.74. The number of nitrogens with one attached hydrogen (secondary N) is 1. The van der Waals surface area contributed by atoms with Crippen LogP contribution >= 0.6 is 0 Å². The maximum atomic E-state index is 10.0. The summed E-state index contributed by atoms with van der Waals surface area (Å²) in [6.45, 7) is 3.03. The second kappa shape index (κ2) is 5.89. The van der Waals surface area contributed by atoms with Gasteiger partial charge in [-0.3, -0.25) is 9.52 Å². The summed E-state index contributed by atoms with van der Waals surface area (Å²) in [7, 11) is -2.82. The van der Waals surface area contributed by atoms with Crippen molar-refractivity contribution in [2.75, 3.05) is 0 Å². The van der Waals surface area contributed by atoms with Crippen LogP contribution in [0.3, 0.4) is 0 Å². The molecule has 0 heterocycles. The summed E-state index contributed by atoms with van der Waals surface area (Å²) in [5.41, 5.74) is 0. The minimum absolute atomic E-state index is 0. The van der Waals surface area contributed by atoms with E-state index >= 15 is 0 Å². The topological polar surface area (TPSA) is 63.2 Å². The fourth-order valence-corrected chi connectivity index (χ4v) is 0.407. The predicted octanol–water partition coefficient (Wildman–Crippen LogP) is -1.83. The second-order valence-electron chi connectivity index (χ2n) is 0.937. The van der Waals surface area contributed by atoms with Crippen molar-refractivity contribution in [2.45, 2.75) is 0 Å². The van der Waals surface area contributed by atoms with Gasteiger partial charge in [-0.25, -0.2) is 8.42 Å². The van der Waals surface area contributed by atoms with Crippen molar-refractivity contribution in [3.63, 3.8) is 0 Å². The molecule has 0 aliphatic carbocycles. The van der Waals surface area contributed by atoms with Crippen LogP contribution in [0.25, 0.3) is 0 Å². The van der Waals surface area contributed by atoms with Crippen molar-refractivity contribution < 1.29 is 13.2 Å². The number of amides is 1. The second-order valence-corrected chi connectivity index (χ2v) is 1.68. The van der Waals surface area contributed by atoms with E-state index in [0.717, 1.165) is 6.08 Å². The van der Waals surface area contributed by atoms with E-state index in [1.807, 2.05) is 0 Å². The van der Waals surface area contributed by atoms with E-state index in [1.165, 1.54) is 0 Å². The zero-order chi connectivity index (χ0) is 6.57. The van der Waals surface area contributed by atoms with E-state index in [9.17, 15) is 13.2 Å². The molecule has 0 atom stereocenters. The van der Waals surface area contributed by atoms with E-state index in [1.54, 1.807) is 4.72 Å². The average molecular weight is 143 g/mol. The molecule has 0 rings (SSSR count). The third-order valence-electron chi connectivity index (χ3n) is 0.387. The third-order valence-corrected chi connectivity index (χ3v) is 0.790. The Morgan fingerprint density at radius 1 is 1.56 bits per heavy atom. The number of rotatable bonds is 2. The molecule has 0 saturated heterocycles.